The second kappa shape index (κ2) is 6.60. The molecule has 0 bridgehead atoms. The number of hydrogen-bond donors (Lipinski definition) is 1. The molecule has 4 nitrogen and oxygen atoms in total. The summed E-state index contributed by atoms with van der Waals surface area (Å²) in [4.78, 5) is 15.4. The highest BCUT2D eigenvalue weighted by atomic mass is 32.1. The summed E-state index contributed by atoms with van der Waals surface area (Å²) in [7, 11) is 1.41. The Morgan fingerprint density at radius 1 is 1.69 bits per heavy atom. The van der Waals surface area contributed by atoms with E-state index in [4.69, 9.17) is 0 Å². The minimum atomic E-state index is -0.176. The van der Waals surface area contributed by atoms with Crippen LogP contribution in [0.25, 0.3) is 0 Å². The van der Waals surface area contributed by atoms with Crippen LogP contribution >= 0.6 is 11.3 Å². The zero-order valence-electron chi connectivity index (χ0n) is 9.95. The molecular formula is C11H18N2O2S. The van der Waals surface area contributed by atoms with E-state index in [0.29, 0.717) is 6.42 Å². The predicted octanol–water partition coefficient (Wildman–Crippen LogP) is 1.54. The van der Waals surface area contributed by atoms with Crippen molar-refractivity contribution in [1.29, 1.82) is 0 Å². The number of rotatable bonds is 6. The molecule has 0 amide bonds. The summed E-state index contributed by atoms with van der Waals surface area (Å²) >= 11 is 1.66. The zero-order valence-corrected chi connectivity index (χ0v) is 10.8. The lowest BCUT2D eigenvalue weighted by molar-refractivity contribution is -0.141. The number of carbonyl (C=O) groups is 1. The molecule has 1 N–H and O–H groups in total. The maximum Gasteiger partial charge on any atom is 0.307 e. The number of aryl methyl sites for hydroxylation is 1. The van der Waals surface area contributed by atoms with Crippen molar-refractivity contribution in [3.63, 3.8) is 0 Å². The molecule has 0 radical (unpaired) electrons. The first-order valence-corrected chi connectivity index (χ1v) is 6.21. The Balaban J connectivity index is 2.17. The Labute approximate surface area is 100 Å². The number of carbonyl (C=O) groups excluding carboxylic acids is 1. The molecule has 0 aliphatic rings. The molecule has 0 aromatic carbocycles. The maximum atomic E-state index is 11.0. The number of nitrogens with zero attached hydrogens (tertiary/aromatic N) is 1. The first kappa shape index (κ1) is 13.1. The predicted molar refractivity (Wildman–Crippen MR) is 64.7 cm³/mol. The number of hydrogen-bond acceptors (Lipinski definition) is 5. The van der Waals surface area contributed by atoms with E-state index in [1.165, 1.54) is 7.11 Å². The molecule has 1 aromatic heterocycles. The van der Waals surface area contributed by atoms with Gasteiger partial charge in [-0.05, 0) is 13.8 Å². The van der Waals surface area contributed by atoms with E-state index in [0.717, 1.165) is 23.7 Å². The highest BCUT2D eigenvalue weighted by Crippen LogP contribution is 2.07. The van der Waals surface area contributed by atoms with Crippen LogP contribution in [0, 0.1) is 6.92 Å². The number of ether oxygens (including phenoxy) is 1. The summed E-state index contributed by atoms with van der Waals surface area (Å²) in [5.74, 6) is -0.176. The first-order chi connectivity index (χ1) is 7.61. The van der Waals surface area contributed by atoms with Gasteiger partial charge in [0.25, 0.3) is 0 Å². The smallest absolute Gasteiger partial charge is 0.307 e. The molecule has 1 heterocycles. The van der Waals surface area contributed by atoms with Crippen molar-refractivity contribution in [2.24, 2.45) is 0 Å². The topological polar surface area (TPSA) is 51.2 Å². The van der Waals surface area contributed by atoms with Gasteiger partial charge in [0.2, 0.25) is 0 Å². The van der Waals surface area contributed by atoms with Gasteiger partial charge in [0.05, 0.1) is 24.2 Å². The van der Waals surface area contributed by atoms with E-state index in [9.17, 15) is 4.79 Å². The summed E-state index contributed by atoms with van der Waals surface area (Å²) in [5, 5.41) is 6.44. The molecule has 1 aromatic rings. The van der Waals surface area contributed by atoms with Crippen LogP contribution < -0.4 is 5.32 Å². The molecular weight excluding hydrogens is 224 g/mol. The van der Waals surface area contributed by atoms with Crippen LogP contribution in [0.15, 0.2) is 5.38 Å². The quantitative estimate of drug-likeness (QED) is 0.769. The lowest BCUT2D eigenvalue weighted by Crippen LogP contribution is -2.30. The maximum absolute atomic E-state index is 11.0. The van der Waals surface area contributed by atoms with Crippen molar-refractivity contribution in [3.8, 4) is 0 Å². The van der Waals surface area contributed by atoms with Gasteiger partial charge in [0.15, 0.2) is 0 Å². The largest absolute Gasteiger partial charge is 0.469 e. The van der Waals surface area contributed by atoms with Gasteiger partial charge in [-0.1, -0.05) is 0 Å². The molecule has 0 fully saturated rings. The van der Waals surface area contributed by atoms with Crippen LogP contribution in [0.4, 0.5) is 0 Å². The van der Waals surface area contributed by atoms with Crippen molar-refractivity contribution in [2.75, 3.05) is 13.7 Å². The Bertz CT molecular complexity index is 338. The summed E-state index contributed by atoms with van der Waals surface area (Å²) in [6, 6.07) is 0.146. The van der Waals surface area contributed by atoms with Crippen LogP contribution in [-0.4, -0.2) is 30.6 Å². The minimum absolute atomic E-state index is 0.146. The van der Waals surface area contributed by atoms with Crippen LogP contribution in [-0.2, 0) is 16.0 Å². The third kappa shape index (κ3) is 4.72. The molecule has 5 heteroatoms. The van der Waals surface area contributed by atoms with E-state index < -0.39 is 0 Å². The summed E-state index contributed by atoms with van der Waals surface area (Å²) in [6.07, 6.45) is 1.31. The van der Waals surface area contributed by atoms with E-state index in [2.05, 4.69) is 20.4 Å². The first-order valence-electron chi connectivity index (χ1n) is 5.33. The van der Waals surface area contributed by atoms with E-state index in [1.807, 2.05) is 13.8 Å². The van der Waals surface area contributed by atoms with Crippen LogP contribution in [0.5, 0.6) is 0 Å². The molecule has 0 aliphatic carbocycles. The minimum Gasteiger partial charge on any atom is -0.469 e. The monoisotopic (exact) mass is 242 g/mol. The molecule has 1 rings (SSSR count). The van der Waals surface area contributed by atoms with Crippen LogP contribution in [0.2, 0.25) is 0 Å². The van der Waals surface area contributed by atoms with Gasteiger partial charge < -0.3 is 10.1 Å². The molecule has 16 heavy (non-hydrogen) atoms. The highest BCUT2D eigenvalue weighted by Gasteiger charge is 2.08. The third-order valence-corrected chi connectivity index (χ3v) is 3.06. The second-order valence-corrected chi connectivity index (χ2v) is 4.81. The molecule has 0 saturated carbocycles. The van der Waals surface area contributed by atoms with Gasteiger partial charge >= 0.3 is 5.97 Å². The molecule has 90 valence electrons. The van der Waals surface area contributed by atoms with E-state index in [1.54, 1.807) is 11.3 Å². The standard InChI is InChI=1S/C11H18N2O2S/c1-8(6-11(14)15-3)12-5-4-10-7-16-9(2)13-10/h7-8,12H,4-6H2,1-3H3. The fourth-order valence-corrected chi connectivity index (χ4v) is 2.02. The van der Waals surface area contributed by atoms with Crippen LogP contribution in [0.1, 0.15) is 24.0 Å². The van der Waals surface area contributed by atoms with Gasteiger partial charge in [0.1, 0.15) is 0 Å². The summed E-state index contributed by atoms with van der Waals surface area (Å²) < 4.78 is 4.60. The van der Waals surface area contributed by atoms with Crippen molar-refractivity contribution in [3.05, 3.63) is 16.1 Å². The van der Waals surface area contributed by atoms with Gasteiger partial charge in [0, 0.05) is 24.4 Å². The summed E-state index contributed by atoms with van der Waals surface area (Å²) in [6.45, 7) is 4.81. The average Bonchev–Trinajstić information content (AvgIpc) is 2.64. The van der Waals surface area contributed by atoms with Gasteiger partial charge in [-0.15, -0.1) is 11.3 Å². The zero-order chi connectivity index (χ0) is 12.0. The Hall–Kier alpha value is -0.940. The van der Waals surface area contributed by atoms with Crippen molar-refractivity contribution in [2.45, 2.75) is 32.7 Å². The third-order valence-electron chi connectivity index (χ3n) is 2.24. The Morgan fingerprint density at radius 2 is 2.44 bits per heavy atom. The molecule has 0 aliphatic heterocycles. The SMILES string of the molecule is COC(=O)CC(C)NCCc1csc(C)n1. The number of methoxy groups -OCH3 is 1. The van der Waals surface area contributed by atoms with Crippen LogP contribution in [0.3, 0.4) is 0 Å². The molecule has 1 atom stereocenters. The molecule has 0 saturated heterocycles. The van der Waals surface area contributed by atoms with Gasteiger partial charge in [-0.3, -0.25) is 4.79 Å². The number of esters is 1. The lowest BCUT2D eigenvalue weighted by Gasteiger charge is -2.11. The number of aromatic nitrogens is 1. The number of thiazole rings is 1. The second-order valence-electron chi connectivity index (χ2n) is 3.74. The molecule has 0 spiro atoms. The summed E-state index contributed by atoms with van der Waals surface area (Å²) in [5.41, 5.74) is 1.11. The fourth-order valence-electron chi connectivity index (χ4n) is 1.38. The number of nitrogens with one attached hydrogen (secondary N) is 1. The molecule has 1 unspecified atom stereocenters. The van der Waals surface area contributed by atoms with Gasteiger partial charge in [-0.2, -0.15) is 0 Å². The highest BCUT2D eigenvalue weighted by molar-refractivity contribution is 7.09. The average molecular weight is 242 g/mol. The lowest BCUT2D eigenvalue weighted by atomic mass is 10.2. The van der Waals surface area contributed by atoms with Crippen molar-refractivity contribution in [1.82, 2.24) is 10.3 Å². The fraction of sp³-hybridized carbons (Fsp3) is 0.636. The van der Waals surface area contributed by atoms with Gasteiger partial charge in [-0.25, -0.2) is 4.98 Å². The van der Waals surface area contributed by atoms with Crippen molar-refractivity contribution >= 4 is 17.3 Å². The van der Waals surface area contributed by atoms with Crippen molar-refractivity contribution < 1.29 is 9.53 Å². The Morgan fingerprint density at radius 3 is 3.00 bits per heavy atom. The van der Waals surface area contributed by atoms with E-state index >= 15 is 0 Å². The Kier molecular flexibility index (Phi) is 5.42. The van der Waals surface area contributed by atoms with E-state index in [-0.39, 0.29) is 12.0 Å². The normalized spacial score (nSPS) is 12.4.